The van der Waals surface area contributed by atoms with Crippen LogP contribution in [0.2, 0.25) is 0 Å². The number of aromatic nitrogens is 2. The van der Waals surface area contributed by atoms with E-state index in [1.54, 1.807) is 0 Å². The Labute approximate surface area is 103 Å². The van der Waals surface area contributed by atoms with Crippen molar-refractivity contribution in [3.63, 3.8) is 0 Å². The molecule has 2 heterocycles. The third-order valence-electron chi connectivity index (χ3n) is 2.88. The third-order valence-corrected chi connectivity index (χ3v) is 2.88. The van der Waals surface area contributed by atoms with E-state index in [9.17, 15) is 0 Å². The second-order valence-electron chi connectivity index (χ2n) is 4.47. The van der Waals surface area contributed by atoms with Crippen LogP contribution in [-0.2, 0) is 12.8 Å². The van der Waals surface area contributed by atoms with Gasteiger partial charge in [-0.1, -0.05) is 12.1 Å². The molecule has 0 radical (unpaired) electrons. The van der Waals surface area contributed by atoms with Crippen LogP contribution in [-0.4, -0.2) is 9.97 Å². The molecule has 2 heteroatoms. The Morgan fingerprint density at radius 1 is 0.765 bits per heavy atom. The first-order valence-electron chi connectivity index (χ1n) is 6.07. The molecule has 2 aromatic heterocycles. The quantitative estimate of drug-likeness (QED) is 0.799. The summed E-state index contributed by atoms with van der Waals surface area (Å²) < 4.78 is 0. The van der Waals surface area contributed by atoms with E-state index < -0.39 is 0 Å². The molecule has 0 fully saturated rings. The Hall–Kier alpha value is -1.70. The fraction of sp³-hybridized carbons (Fsp3) is 0.333. The van der Waals surface area contributed by atoms with E-state index in [0.717, 1.165) is 30.7 Å². The lowest BCUT2D eigenvalue weighted by molar-refractivity contribution is 0.811. The summed E-state index contributed by atoms with van der Waals surface area (Å²) in [4.78, 5) is 8.61. The Morgan fingerprint density at radius 3 is 1.59 bits per heavy atom. The molecule has 0 amide bonds. The highest BCUT2D eigenvalue weighted by atomic mass is 14.7. The van der Waals surface area contributed by atoms with Gasteiger partial charge in [-0.2, -0.15) is 0 Å². The lowest BCUT2D eigenvalue weighted by atomic mass is 10.1. The molecular formula is C15H18N2. The lowest BCUT2D eigenvalue weighted by Gasteiger charge is -2.02. The van der Waals surface area contributed by atoms with Crippen molar-refractivity contribution in [2.24, 2.45) is 0 Å². The molecule has 0 N–H and O–H groups in total. The van der Waals surface area contributed by atoms with E-state index in [1.807, 2.05) is 26.2 Å². The molecule has 88 valence electrons. The molecule has 0 aliphatic carbocycles. The molecule has 0 spiro atoms. The van der Waals surface area contributed by atoms with Gasteiger partial charge in [-0.15, -0.1) is 0 Å². The van der Waals surface area contributed by atoms with Crippen LogP contribution in [0.5, 0.6) is 0 Å². The van der Waals surface area contributed by atoms with Crippen LogP contribution in [0.4, 0.5) is 0 Å². The summed E-state index contributed by atoms with van der Waals surface area (Å²) in [6.07, 6.45) is 7.27. The van der Waals surface area contributed by atoms with Crippen LogP contribution in [0, 0.1) is 13.8 Å². The summed E-state index contributed by atoms with van der Waals surface area (Å²) in [6, 6.07) is 8.47. The van der Waals surface area contributed by atoms with Gasteiger partial charge in [-0.3, -0.25) is 9.97 Å². The summed E-state index contributed by atoms with van der Waals surface area (Å²) in [5.41, 5.74) is 4.79. The van der Waals surface area contributed by atoms with E-state index in [4.69, 9.17) is 0 Å². The summed E-state index contributed by atoms with van der Waals surface area (Å²) >= 11 is 0. The number of nitrogens with zero attached hydrogens (tertiary/aromatic N) is 2. The SMILES string of the molecule is Cc1ccc(CCCc2ccc(C)nc2)cn1. The van der Waals surface area contributed by atoms with Crippen LogP contribution >= 0.6 is 0 Å². The summed E-state index contributed by atoms with van der Waals surface area (Å²) in [6.45, 7) is 4.03. The second kappa shape index (κ2) is 5.58. The van der Waals surface area contributed by atoms with E-state index in [0.29, 0.717) is 0 Å². The van der Waals surface area contributed by atoms with Gasteiger partial charge in [-0.05, 0) is 56.4 Å². The molecule has 0 bridgehead atoms. The zero-order valence-corrected chi connectivity index (χ0v) is 10.5. The predicted octanol–water partition coefficient (Wildman–Crippen LogP) is 3.27. The molecule has 0 aliphatic rings. The molecule has 0 unspecified atom stereocenters. The molecule has 2 aromatic rings. The number of hydrogen-bond acceptors (Lipinski definition) is 2. The van der Waals surface area contributed by atoms with Crippen LogP contribution in [0.25, 0.3) is 0 Å². The van der Waals surface area contributed by atoms with Crippen molar-refractivity contribution in [2.75, 3.05) is 0 Å². The van der Waals surface area contributed by atoms with Crippen molar-refractivity contribution in [1.82, 2.24) is 9.97 Å². The maximum absolute atomic E-state index is 4.30. The van der Waals surface area contributed by atoms with Crippen LogP contribution in [0.15, 0.2) is 36.7 Å². The molecule has 0 saturated heterocycles. The molecule has 0 atom stereocenters. The number of rotatable bonds is 4. The number of aryl methyl sites for hydroxylation is 4. The first kappa shape index (κ1) is 11.8. The van der Waals surface area contributed by atoms with Crippen molar-refractivity contribution >= 4 is 0 Å². The highest BCUT2D eigenvalue weighted by Gasteiger charge is 1.96. The fourth-order valence-electron chi connectivity index (χ4n) is 1.79. The van der Waals surface area contributed by atoms with Crippen LogP contribution in [0.3, 0.4) is 0 Å². The zero-order valence-electron chi connectivity index (χ0n) is 10.5. The Balaban J connectivity index is 1.83. The standard InChI is InChI=1S/C15H18N2/c1-12-6-8-14(10-16-12)4-3-5-15-9-7-13(2)17-11-15/h6-11H,3-5H2,1-2H3. The summed E-state index contributed by atoms with van der Waals surface area (Å²) in [5.74, 6) is 0. The third kappa shape index (κ3) is 3.66. The predicted molar refractivity (Wildman–Crippen MR) is 70.0 cm³/mol. The number of pyridine rings is 2. The zero-order chi connectivity index (χ0) is 12.1. The minimum absolute atomic E-state index is 1.08. The molecule has 0 saturated carbocycles. The maximum Gasteiger partial charge on any atom is 0.0372 e. The molecule has 17 heavy (non-hydrogen) atoms. The highest BCUT2D eigenvalue weighted by Crippen LogP contribution is 2.07. The normalized spacial score (nSPS) is 10.5. The van der Waals surface area contributed by atoms with E-state index in [-0.39, 0.29) is 0 Å². The molecule has 2 rings (SSSR count). The smallest absolute Gasteiger partial charge is 0.0372 e. The van der Waals surface area contributed by atoms with Gasteiger partial charge in [0.05, 0.1) is 0 Å². The summed E-state index contributed by atoms with van der Waals surface area (Å²) in [7, 11) is 0. The van der Waals surface area contributed by atoms with Crippen molar-refractivity contribution in [2.45, 2.75) is 33.1 Å². The van der Waals surface area contributed by atoms with Gasteiger partial charge in [-0.25, -0.2) is 0 Å². The molecule has 0 aliphatic heterocycles. The van der Waals surface area contributed by atoms with Crippen molar-refractivity contribution in [3.8, 4) is 0 Å². The lowest BCUT2D eigenvalue weighted by Crippen LogP contribution is -1.93. The highest BCUT2D eigenvalue weighted by molar-refractivity contribution is 5.15. The Bertz CT molecular complexity index is 412. The topological polar surface area (TPSA) is 25.8 Å². The number of hydrogen-bond donors (Lipinski definition) is 0. The van der Waals surface area contributed by atoms with Crippen LogP contribution in [0.1, 0.15) is 28.9 Å². The molecule has 2 nitrogen and oxygen atoms in total. The van der Waals surface area contributed by atoms with E-state index >= 15 is 0 Å². The van der Waals surface area contributed by atoms with Crippen molar-refractivity contribution in [3.05, 3.63) is 59.2 Å². The monoisotopic (exact) mass is 226 g/mol. The maximum atomic E-state index is 4.30. The van der Waals surface area contributed by atoms with Gasteiger partial charge in [0.25, 0.3) is 0 Å². The van der Waals surface area contributed by atoms with E-state index in [2.05, 4.69) is 34.2 Å². The van der Waals surface area contributed by atoms with Gasteiger partial charge in [0.15, 0.2) is 0 Å². The second-order valence-corrected chi connectivity index (χ2v) is 4.47. The average Bonchev–Trinajstić information content (AvgIpc) is 2.34. The van der Waals surface area contributed by atoms with E-state index in [1.165, 1.54) is 11.1 Å². The minimum atomic E-state index is 1.08. The van der Waals surface area contributed by atoms with Crippen molar-refractivity contribution in [1.29, 1.82) is 0 Å². The minimum Gasteiger partial charge on any atom is -0.261 e. The van der Waals surface area contributed by atoms with Gasteiger partial charge >= 0.3 is 0 Å². The largest absolute Gasteiger partial charge is 0.261 e. The Kier molecular flexibility index (Phi) is 3.86. The van der Waals surface area contributed by atoms with Gasteiger partial charge in [0.2, 0.25) is 0 Å². The van der Waals surface area contributed by atoms with Gasteiger partial charge in [0.1, 0.15) is 0 Å². The fourth-order valence-corrected chi connectivity index (χ4v) is 1.79. The molecular weight excluding hydrogens is 208 g/mol. The van der Waals surface area contributed by atoms with Crippen molar-refractivity contribution < 1.29 is 0 Å². The molecule has 0 aromatic carbocycles. The Morgan fingerprint density at radius 2 is 1.24 bits per heavy atom. The van der Waals surface area contributed by atoms with Crippen LogP contribution < -0.4 is 0 Å². The first-order chi connectivity index (χ1) is 8.24. The van der Waals surface area contributed by atoms with Gasteiger partial charge < -0.3 is 0 Å². The summed E-state index contributed by atoms with van der Waals surface area (Å²) in [5, 5.41) is 0. The van der Waals surface area contributed by atoms with Gasteiger partial charge in [0, 0.05) is 23.8 Å². The average molecular weight is 226 g/mol. The first-order valence-corrected chi connectivity index (χ1v) is 6.07.